The number of rotatable bonds is 9. The summed E-state index contributed by atoms with van der Waals surface area (Å²) in [6, 6.07) is 17.8. The highest BCUT2D eigenvalue weighted by Gasteiger charge is 2.15. The lowest BCUT2D eigenvalue weighted by atomic mass is 10.1. The topological polar surface area (TPSA) is 114 Å². The molecule has 3 rings (SSSR count). The van der Waals surface area contributed by atoms with Gasteiger partial charge in [0.15, 0.2) is 11.5 Å². The predicted octanol–water partition coefficient (Wildman–Crippen LogP) is 6.53. The van der Waals surface area contributed by atoms with E-state index in [0.717, 1.165) is 5.56 Å². The van der Waals surface area contributed by atoms with Crippen LogP contribution < -0.4 is 14.8 Å². The van der Waals surface area contributed by atoms with Crippen LogP contribution in [0.25, 0.3) is 6.08 Å². The van der Waals surface area contributed by atoms with Gasteiger partial charge in [-0.15, -0.1) is 0 Å². The van der Waals surface area contributed by atoms with Gasteiger partial charge in [0.1, 0.15) is 18.2 Å². The Hall–Kier alpha value is -3.87. The minimum Gasteiger partial charge on any atom is -0.490 e. The maximum atomic E-state index is 12.6. The average Bonchev–Trinajstić information content (AvgIpc) is 2.84. The van der Waals surface area contributed by atoms with Crippen molar-refractivity contribution in [3.63, 3.8) is 0 Å². The minimum absolute atomic E-state index is 0.00367. The third-order valence-electron chi connectivity index (χ3n) is 4.67. The van der Waals surface area contributed by atoms with Gasteiger partial charge in [-0.2, -0.15) is 5.26 Å². The molecule has 8 nitrogen and oxygen atoms in total. The minimum atomic E-state index is -0.571. The second kappa shape index (κ2) is 12.0. The van der Waals surface area contributed by atoms with E-state index in [0.29, 0.717) is 38.9 Å². The normalized spacial score (nSPS) is 10.9. The first-order valence-corrected chi connectivity index (χ1v) is 11.5. The Kier molecular flexibility index (Phi) is 8.84. The number of carbonyl (C=O) groups excluding carboxylic acids is 1. The van der Waals surface area contributed by atoms with Crippen molar-refractivity contribution in [1.82, 2.24) is 0 Å². The molecule has 10 heteroatoms. The van der Waals surface area contributed by atoms with Crippen molar-refractivity contribution in [3.05, 3.63) is 97.0 Å². The zero-order valence-electron chi connectivity index (χ0n) is 18.5. The van der Waals surface area contributed by atoms with E-state index in [4.69, 9.17) is 21.1 Å². The number of nitro groups is 1. The number of nitriles is 1. The van der Waals surface area contributed by atoms with Crippen molar-refractivity contribution >= 4 is 50.9 Å². The first-order chi connectivity index (χ1) is 16.8. The molecular formula is C25H19BrClN3O5. The van der Waals surface area contributed by atoms with E-state index in [2.05, 4.69) is 21.2 Å². The Balaban J connectivity index is 1.81. The number of nitro benzene ring substituents is 1. The summed E-state index contributed by atoms with van der Waals surface area (Å²) in [4.78, 5) is 23.0. The molecule has 0 heterocycles. The molecule has 0 aliphatic rings. The number of halogens is 2. The van der Waals surface area contributed by atoms with Crippen LogP contribution in [0.3, 0.4) is 0 Å². The highest BCUT2D eigenvalue weighted by Crippen LogP contribution is 2.35. The highest BCUT2D eigenvalue weighted by molar-refractivity contribution is 9.10. The van der Waals surface area contributed by atoms with Crippen LogP contribution in [0.2, 0.25) is 5.02 Å². The molecule has 35 heavy (non-hydrogen) atoms. The molecule has 0 saturated heterocycles. The number of amides is 1. The Morgan fingerprint density at radius 3 is 2.40 bits per heavy atom. The van der Waals surface area contributed by atoms with E-state index in [-0.39, 0.29) is 17.9 Å². The molecule has 3 aromatic carbocycles. The summed E-state index contributed by atoms with van der Waals surface area (Å²) in [5.41, 5.74) is 1.67. The molecule has 0 saturated carbocycles. The Labute approximate surface area is 215 Å². The van der Waals surface area contributed by atoms with Crippen molar-refractivity contribution in [3.8, 4) is 17.6 Å². The van der Waals surface area contributed by atoms with Gasteiger partial charge in [0.25, 0.3) is 11.6 Å². The van der Waals surface area contributed by atoms with Crippen molar-refractivity contribution in [1.29, 1.82) is 5.26 Å². The van der Waals surface area contributed by atoms with Crippen LogP contribution in [0.5, 0.6) is 11.5 Å². The lowest BCUT2D eigenvalue weighted by molar-refractivity contribution is -0.384. The molecule has 178 valence electrons. The summed E-state index contributed by atoms with van der Waals surface area (Å²) in [6.07, 6.45) is 1.44. The van der Waals surface area contributed by atoms with Crippen molar-refractivity contribution < 1.29 is 19.2 Å². The SMILES string of the molecule is CCOc1cc(/C=C(\C#N)C(=O)Nc2ccc(Cl)cc2)c(Br)cc1OCc1ccc([N+](=O)[O-])cc1. The molecule has 0 bridgehead atoms. The van der Waals surface area contributed by atoms with Crippen LogP contribution in [0.1, 0.15) is 18.1 Å². The first-order valence-electron chi connectivity index (χ1n) is 10.3. The van der Waals surface area contributed by atoms with E-state index < -0.39 is 10.8 Å². The van der Waals surface area contributed by atoms with Gasteiger partial charge < -0.3 is 14.8 Å². The van der Waals surface area contributed by atoms with Crippen molar-refractivity contribution in [2.45, 2.75) is 13.5 Å². The molecular weight excluding hydrogens is 538 g/mol. The number of benzene rings is 3. The molecule has 0 fully saturated rings. The van der Waals surface area contributed by atoms with Gasteiger partial charge >= 0.3 is 0 Å². The van der Waals surface area contributed by atoms with Crippen LogP contribution in [-0.2, 0) is 11.4 Å². The zero-order chi connectivity index (χ0) is 25.4. The number of hydrogen-bond donors (Lipinski definition) is 1. The molecule has 0 aromatic heterocycles. The highest BCUT2D eigenvalue weighted by atomic mass is 79.9. The van der Waals surface area contributed by atoms with E-state index in [1.165, 1.54) is 18.2 Å². The monoisotopic (exact) mass is 555 g/mol. The molecule has 1 N–H and O–H groups in total. The number of non-ortho nitro benzene ring substituents is 1. The largest absolute Gasteiger partial charge is 0.490 e. The molecule has 0 atom stereocenters. The van der Waals surface area contributed by atoms with Crippen molar-refractivity contribution in [2.75, 3.05) is 11.9 Å². The van der Waals surface area contributed by atoms with Crippen molar-refractivity contribution in [2.24, 2.45) is 0 Å². The lowest BCUT2D eigenvalue weighted by Gasteiger charge is -2.14. The summed E-state index contributed by atoms with van der Waals surface area (Å²) in [6.45, 7) is 2.34. The number of ether oxygens (including phenoxy) is 2. The van der Waals surface area contributed by atoms with Gasteiger partial charge in [-0.05, 0) is 72.7 Å². The fourth-order valence-electron chi connectivity index (χ4n) is 2.95. The number of carbonyl (C=O) groups is 1. The van der Waals surface area contributed by atoms with Gasteiger partial charge in [-0.3, -0.25) is 14.9 Å². The summed E-state index contributed by atoms with van der Waals surface area (Å²) >= 11 is 9.32. The molecule has 1 amide bonds. The van der Waals surface area contributed by atoms with Gasteiger partial charge in [0.05, 0.1) is 11.5 Å². The summed E-state index contributed by atoms with van der Waals surface area (Å²) in [5, 5.41) is 23.6. The van der Waals surface area contributed by atoms with E-state index in [1.807, 2.05) is 13.0 Å². The molecule has 0 radical (unpaired) electrons. The fourth-order valence-corrected chi connectivity index (χ4v) is 3.52. The lowest BCUT2D eigenvalue weighted by Crippen LogP contribution is -2.13. The molecule has 0 aliphatic heterocycles. The summed E-state index contributed by atoms with van der Waals surface area (Å²) in [7, 11) is 0. The second-order valence-electron chi connectivity index (χ2n) is 7.10. The first kappa shape index (κ1) is 25.7. The summed E-state index contributed by atoms with van der Waals surface area (Å²) < 4.78 is 12.1. The van der Waals surface area contributed by atoms with Crippen LogP contribution >= 0.6 is 27.5 Å². The van der Waals surface area contributed by atoms with Gasteiger partial charge in [-0.25, -0.2) is 0 Å². The van der Waals surface area contributed by atoms with E-state index >= 15 is 0 Å². The molecule has 0 aliphatic carbocycles. The second-order valence-corrected chi connectivity index (χ2v) is 8.39. The third-order valence-corrected chi connectivity index (χ3v) is 5.61. The molecule has 3 aromatic rings. The van der Waals surface area contributed by atoms with E-state index in [1.54, 1.807) is 48.5 Å². The fraction of sp³-hybridized carbons (Fsp3) is 0.120. The van der Waals surface area contributed by atoms with Crippen LogP contribution in [0, 0.1) is 21.4 Å². The third kappa shape index (κ3) is 7.06. The Bertz CT molecular complexity index is 1300. The van der Waals surface area contributed by atoms with Gasteiger partial charge in [0.2, 0.25) is 0 Å². The Morgan fingerprint density at radius 2 is 1.80 bits per heavy atom. The van der Waals surface area contributed by atoms with E-state index in [9.17, 15) is 20.2 Å². The number of nitrogens with zero attached hydrogens (tertiary/aromatic N) is 2. The van der Waals surface area contributed by atoms with Crippen LogP contribution in [-0.4, -0.2) is 17.4 Å². The number of anilines is 1. The zero-order valence-corrected chi connectivity index (χ0v) is 20.8. The van der Waals surface area contributed by atoms with Crippen LogP contribution in [0.15, 0.2) is 70.7 Å². The standard InChI is InChI=1S/C25H19BrClN3O5/c1-2-34-23-12-17(11-18(14-28)25(31)29-20-7-5-19(27)6-8-20)22(26)13-24(23)35-15-16-3-9-21(10-4-16)30(32)33/h3-13H,2,15H2,1H3,(H,29,31)/b18-11+. The van der Waals surface area contributed by atoms with Gasteiger partial charge in [0, 0.05) is 27.3 Å². The smallest absolute Gasteiger partial charge is 0.269 e. The summed E-state index contributed by atoms with van der Waals surface area (Å²) in [5.74, 6) is 0.274. The molecule has 0 unspecified atom stereocenters. The average molecular weight is 557 g/mol. The maximum absolute atomic E-state index is 12.6. The maximum Gasteiger partial charge on any atom is 0.269 e. The Morgan fingerprint density at radius 1 is 1.14 bits per heavy atom. The number of nitrogens with one attached hydrogen (secondary N) is 1. The van der Waals surface area contributed by atoms with Gasteiger partial charge in [-0.1, -0.05) is 27.5 Å². The predicted molar refractivity (Wildman–Crippen MR) is 136 cm³/mol. The van der Waals surface area contributed by atoms with Crippen LogP contribution in [0.4, 0.5) is 11.4 Å². The number of hydrogen-bond acceptors (Lipinski definition) is 6. The molecule has 0 spiro atoms. The quantitative estimate of drug-likeness (QED) is 0.139.